The highest BCUT2D eigenvalue weighted by atomic mass is 79.9. The van der Waals surface area contributed by atoms with Gasteiger partial charge in [0.2, 0.25) is 0 Å². The molecular formula is C13H19BrClNO2. The van der Waals surface area contributed by atoms with Gasteiger partial charge in [-0.05, 0) is 37.1 Å². The molecule has 1 aromatic carbocycles. The third-order valence-electron chi connectivity index (χ3n) is 3.19. The van der Waals surface area contributed by atoms with Crippen LogP contribution in [0.2, 0.25) is 0 Å². The first kappa shape index (κ1) is 15.6. The van der Waals surface area contributed by atoms with Crippen molar-refractivity contribution in [2.45, 2.75) is 25.3 Å². The van der Waals surface area contributed by atoms with Gasteiger partial charge in [-0.3, -0.25) is 0 Å². The van der Waals surface area contributed by atoms with Gasteiger partial charge in [0, 0.05) is 10.5 Å². The van der Waals surface area contributed by atoms with E-state index in [1.54, 1.807) is 14.2 Å². The predicted molar refractivity (Wildman–Crippen MR) is 79.1 cm³/mol. The van der Waals surface area contributed by atoms with E-state index in [-0.39, 0.29) is 12.4 Å². The smallest absolute Gasteiger partial charge is 0.161 e. The number of benzene rings is 1. The highest BCUT2D eigenvalue weighted by Gasteiger charge is 2.19. The van der Waals surface area contributed by atoms with E-state index in [1.807, 2.05) is 6.07 Å². The van der Waals surface area contributed by atoms with E-state index in [2.05, 4.69) is 27.3 Å². The molecule has 1 atom stereocenters. The van der Waals surface area contributed by atoms with Gasteiger partial charge < -0.3 is 14.8 Å². The zero-order chi connectivity index (χ0) is 12.3. The monoisotopic (exact) mass is 335 g/mol. The van der Waals surface area contributed by atoms with Crippen molar-refractivity contribution < 1.29 is 9.47 Å². The molecule has 0 aromatic heterocycles. The molecular weight excluding hydrogens is 318 g/mol. The molecule has 0 radical (unpaired) electrons. The quantitative estimate of drug-likeness (QED) is 0.913. The van der Waals surface area contributed by atoms with E-state index in [4.69, 9.17) is 9.47 Å². The Bertz CT molecular complexity index is 395. The minimum Gasteiger partial charge on any atom is -0.493 e. The molecule has 5 heteroatoms. The molecule has 2 rings (SSSR count). The zero-order valence-electron chi connectivity index (χ0n) is 10.7. The van der Waals surface area contributed by atoms with Crippen LogP contribution in [0.15, 0.2) is 16.6 Å². The van der Waals surface area contributed by atoms with Gasteiger partial charge in [-0.1, -0.05) is 22.4 Å². The van der Waals surface area contributed by atoms with E-state index in [0.29, 0.717) is 6.04 Å². The lowest BCUT2D eigenvalue weighted by atomic mass is 9.97. The summed E-state index contributed by atoms with van der Waals surface area (Å²) in [6, 6.07) is 4.45. The summed E-state index contributed by atoms with van der Waals surface area (Å²) in [5.41, 5.74) is 1.25. The lowest BCUT2D eigenvalue weighted by Crippen LogP contribution is -2.27. The number of hydrogen-bond donors (Lipinski definition) is 1. The van der Waals surface area contributed by atoms with Crippen LogP contribution in [0, 0.1) is 0 Å². The Hall–Kier alpha value is -0.450. The second-order valence-corrected chi connectivity index (χ2v) is 5.09. The Labute approximate surface area is 123 Å². The van der Waals surface area contributed by atoms with Crippen molar-refractivity contribution in [1.29, 1.82) is 0 Å². The molecule has 1 aliphatic rings. The Balaban J connectivity index is 0.00000162. The molecule has 1 aromatic rings. The molecule has 0 aliphatic carbocycles. The van der Waals surface area contributed by atoms with Gasteiger partial charge in [0.25, 0.3) is 0 Å². The van der Waals surface area contributed by atoms with E-state index >= 15 is 0 Å². The summed E-state index contributed by atoms with van der Waals surface area (Å²) in [7, 11) is 3.33. The molecule has 0 spiro atoms. The molecule has 18 heavy (non-hydrogen) atoms. The van der Waals surface area contributed by atoms with Crippen LogP contribution in [0.3, 0.4) is 0 Å². The number of piperidine rings is 1. The van der Waals surface area contributed by atoms with Crippen molar-refractivity contribution >= 4 is 28.3 Å². The first-order valence-electron chi connectivity index (χ1n) is 5.91. The molecule has 1 aliphatic heterocycles. The fourth-order valence-corrected chi connectivity index (χ4v) is 2.85. The van der Waals surface area contributed by atoms with Gasteiger partial charge in [0.05, 0.1) is 14.2 Å². The minimum atomic E-state index is 0. The molecule has 102 valence electrons. The number of methoxy groups -OCH3 is 2. The average Bonchev–Trinajstić information content (AvgIpc) is 2.39. The maximum Gasteiger partial charge on any atom is 0.161 e. The van der Waals surface area contributed by atoms with Gasteiger partial charge in [0.15, 0.2) is 11.5 Å². The SMILES string of the molecule is COc1cc(Br)c([C@H]2CCCCN2)cc1OC.Cl. The second kappa shape index (κ2) is 7.22. The molecule has 0 bridgehead atoms. The molecule has 1 N–H and O–H groups in total. The van der Waals surface area contributed by atoms with Crippen LogP contribution >= 0.6 is 28.3 Å². The summed E-state index contributed by atoms with van der Waals surface area (Å²) in [5, 5.41) is 3.54. The van der Waals surface area contributed by atoms with Crippen LogP contribution in [0.4, 0.5) is 0 Å². The van der Waals surface area contributed by atoms with Crippen molar-refractivity contribution in [2.75, 3.05) is 20.8 Å². The van der Waals surface area contributed by atoms with Crippen LogP contribution in [0.5, 0.6) is 11.5 Å². The predicted octanol–water partition coefficient (Wildman–Crippen LogP) is 3.70. The highest BCUT2D eigenvalue weighted by Crippen LogP contribution is 2.37. The number of rotatable bonds is 3. The average molecular weight is 337 g/mol. The highest BCUT2D eigenvalue weighted by molar-refractivity contribution is 9.10. The minimum absolute atomic E-state index is 0. The topological polar surface area (TPSA) is 30.5 Å². The van der Waals surface area contributed by atoms with Gasteiger partial charge in [-0.25, -0.2) is 0 Å². The van der Waals surface area contributed by atoms with Crippen LogP contribution in [-0.2, 0) is 0 Å². The number of hydrogen-bond acceptors (Lipinski definition) is 3. The third-order valence-corrected chi connectivity index (χ3v) is 3.88. The second-order valence-electron chi connectivity index (χ2n) is 4.23. The van der Waals surface area contributed by atoms with Crippen LogP contribution in [0.25, 0.3) is 0 Å². The normalized spacial score (nSPS) is 18.9. The Morgan fingerprint density at radius 2 is 1.83 bits per heavy atom. The molecule has 1 heterocycles. The molecule has 0 saturated carbocycles. The maximum atomic E-state index is 5.35. The fraction of sp³-hybridized carbons (Fsp3) is 0.538. The summed E-state index contributed by atoms with van der Waals surface area (Å²) >= 11 is 3.61. The Morgan fingerprint density at radius 1 is 1.17 bits per heavy atom. The van der Waals surface area contributed by atoms with Crippen molar-refractivity contribution in [3.05, 3.63) is 22.2 Å². The molecule has 1 saturated heterocycles. The van der Waals surface area contributed by atoms with Crippen LogP contribution in [0.1, 0.15) is 30.9 Å². The summed E-state index contributed by atoms with van der Waals surface area (Å²) < 4.78 is 11.7. The molecule has 1 fully saturated rings. The van der Waals surface area contributed by atoms with E-state index < -0.39 is 0 Å². The number of nitrogens with one attached hydrogen (secondary N) is 1. The standard InChI is InChI=1S/C13H18BrNO2.ClH/c1-16-12-7-9(10(14)8-13(12)17-2)11-5-3-4-6-15-11;/h7-8,11,15H,3-6H2,1-2H3;1H/t11-;/m1./s1. The van der Waals surface area contributed by atoms with Crippen molar-refractivity contribution in [3.8, 4) is 11.5 Å². The van der Waals surface area contributed by atoms with E-state index in [0.717, 1.165) is 22.5 Å². The van der Waals surface area contributed by atoms with E-state index in [9.17, 15) is 0 Å². The lowest BCUT2D eigenvalue weighted by Gasteiger charge is -2.25. The Morgan fingerprint density at radius 3 is 2.39 bits per heavy atom. The van der Waals surface area contributed by atoms with Crippen molar-refractivity contribution in [1.82, 2.24) is 5.32 Å². The number of halogens is 2. The first-order chi connectivity index (χ1) is 8.26. The summed E-state index contributed by atoms with van der Waals surface area (Å²) in [4.78, 5) is 0. The van der Waals surface area contributed by atoms with Gasteiger partial charge in [-0.15, -0.1) is 12.4 Å². The molecule has 0 unspecified atom stereocenters. The van der Waals surface area contributed by atoms with Gasteiger partial charge in [-0.2, -0.15) is 0 Å². The molecule has 0 amide bonds. The third kappa shape index (κ3) is 3.31. The summed E-state index contributed by atoms with van der Waals surface area (Å²) in [6.07, 6.45) is 3.72. The lowest BCUT2D eigenvalue weighted by molar-refractivity contribution is 0.351. The largest absolute Gasteiger partial charge is 0.493 e. The fourth-order valence-electron chi connectivity index (χ4n) is 2.25. The number of ether oxygens (including phenoxy) is 2. The van der Waals surface area contributed by atoms with E-state index in [1.165, 1.54) is 24.8 Å². The Kier molecular flexibility index (Phi) is 6.26. The summed E-state index contributed by atoms with van der Waals surface area (Å²) in [5.74, 6) is 1.55. The van der Waals surface area contributed by atoms with Crippen LogP contribution in [-0.4, -0.2) is 20.8 Å². The zero-order valence-corrected chi connectivity index (χ0v) is 13.1. The first-order valence-corrected chi connectivity index (χ1v) is 6.70. The van der Waals surface area contributed by atoms with Crippen molar-refractivity contribution in [3.63, 3.8) is 0 Å². The summed E-state index contributed by atoms with van der Waals surface area (Å²) in [6.45, 7) is 1.09. The maximum absolute atomic E-state index is 5.35. The van der Waals surface area contributed by atoms with Gasteiger partial charge in [0.1, 0.15) is 0 Å². The molecule has 3 nitrogen and oxygen atoms in total. The van der Waals surface area contributed by atoms with Crippen LogP contribution < -0.4 is 14.8 Å². The van der Waals surface area contributed by atoms with Crippen molar-refractivity contribution in [2.24, 2.45) is 0 Å². The van der Waals surface area contributed by atoms with Gasteiger partial charge >= 0.3 is 0 Å².